The molecular formula is C12H11ClO. The van der Waals surface area contributed by atoms with Crippen LogP contribution in [0, 0.1) is 0 Å². The van der Waals surface area contributed by atoms with E-state index >= 15 is 0 Å². The standard InChI is InChI=1S/C12H11ClO/c13-11-6-4-9(5-7-11)8-10-2-1-3-12(10)14/h4-8H,1-3H2/b10-8+. The minimum Gasteiger partial charge on any atom is -0.295 e. The molecule has 0 N–H and O–H groups in total. The van der Waals surface area contributed by atoms with Crippen molar-refractivity contribution in [2.45, 2.75) is 19.3 Å². The highest BCUT2D eigenvalue weighted by Gasteiger charge is 2.16. The number of hydrogen-bond donors (Lipinski definition) is 0. The molecule has 0 heterocycles. The van der Waals surface area contributed by atoms with Gasteiger partial charge < -0.3 is 0 Å². The molecule has 0 atom stereocenters. The molecule has 1 aliphatic rings. The molecule has 1 aromatic rings. The van der Waals surface area contributed by atoms with Gasteiger partial charge in [-0.25, -0.2) is 0 Å². The molecule has 0 aromatic heterocycles. The summed E-state index contributed by atoms with van der Waals surface area (Å²) in [5.41, 5.74) is 2.01. The van der Waals surface area contributed by atoms with Crippen LogP contribution < -0.4 is 0 Å². The van der Waals surface area contributed by atoms with E-state index in [0.29, 0.717) is 12.2 Å². The molecule has 1 nitrogen and oxygen atoms in total. The molecule has 0 spiro atoms. The fourth-order valence-electron chi connectivity index (χ4n) is 1.65. The van der Waals surface area contributed by atoms with Gasteiger partial charge >= 0.3 is 0 Å². The van der Waals surface area contributed by atoms with E-state index < -0.39 is 0 Å². The third-order valence-electron chi connectivity index (χ3n) is 2.42. The van der Waals surface area contributed by atoms with Gasteiger partial charge in [0.2, 0.25) is 0 Å². The Bertz CT molecular complexity index is 376. The number of ketones is 1. The zero-order chi connectivity index (χ0) is 9.97. The summed E-state index contributed by atoms with van der Waals surface area (Å²) in [6.45, 7) is 0. The Morgan fingerprint density at radius 2 is 1.86 bits per heavy atom. The summed E-state index contributed by atoms with van der Waals surface area (Å²) in [5, 5.41) is 0.727. The monoisotopic (exact) mass is 206 g/mol. The van der Waals surface area contributed by atoms with E-state index in [2.05, 4.69) is 0 Å². The van der Waals surface area contributed by atoms with Crippen LogP contribution in [0.1, 0.15) is 24.8 Å². The van der Waals surface area contributed by atoms with E-state index in [4.69, 9.17) is 11.6 Å². The van der Waals surface area contributed by atoms with Crippen molar-refractivity contribution < 1.29 is 4.79 Å². The number of allylic oxidation sites excluding steroid dienone is 1. The lowest BCUT2D eigenvalue weighted by Crippen LogP contribution is -1.90. The largest absolute Gasteiger partial charge is 0.295 e. The second kappa shape index (κ2) is 3.97. The summed E-state index contributed by atoms with van der Waals surface area (Å²) in [6.07, 6.45) is 4.59. The molecule has 2 rings (SSSR count). The van der Waals surface area contributed by atoms with Crippen LogP contribution in [-0.2, 0) is 4.79 Å². The summed E-state index contributed by atoms with van der Waals surface area (Å²) >= 11 is 5.77. The predicted octanol–water partition coefficient (Wildman–Crippen LogP) is 3.48. The lowest BCUT2D eigenvalue weighted by Gasteiger charge is -1.96. The van der Waals surface area contributed by atoms with Crippen LogP contribution in [0.3, 0.4) is 0 Å². The summed E-state index contributed by atoms with van der Waals surface area (Å²) in [7, 11) is 0. The van der Waals surface area contributed by atoms with Crippen molar-refractivity contribution in [2.24, 2.45) is 0 Å². The first-order valence-electron chi connectivity index (χ1n) is 4.75. The average molecular weight is 207 g/mol. The Balaban J connectivity index is 2.24. The van der Waals surface area contributed by atoms with Crippen molar-refractivity contribution in [1.29, 1.82) is 0 Å². The molecule has 1 saturated carbocycles. The topological polar surface area (TPSA) is 17.1 Å². The van der Waals surface area contributed by atoms with Crippen LogP contribution >= 0.6 is 11.6 Å². The fourth-order valence-corrected chi connectivity index (χ4v) is 1.78. The molecule has 2 heteroatoms. The van der Waals surface area contributed by atoms with Gasteiger partial charge in [0, 0.05) is 11.4 Å². The number of carbonyl (C=O) groups excluding carboxylic acids is 1. The van der Waals surface area contributed by atoms with E-state index in [1.54, 1.807) is 0 Å². The maximum absolute atomic E-state index is 11.4. The van der Waals surface area contributed by atoms with Crippen LogP contribution in [0.15, 0.2) is 29.8 Å². The Morgan fingerprint density at radius 3 is 2.43 bits per heavy atom. The Morgan fingerprint density at radius 1 is 1.14 bits per heavy atom. The molecule has 0 aliphatic heterocycles. The quantitative estimate of drug-likeness (QED) is 0.643. The van der Waals surface area contributed by atoms with Crippen LogP contribution in [-0.4, -0.2) is 5.78 Å². The molecule has 0 amide bonds. The predicted molar refractivity (Wildman–Crippen MR) is 58.3 cm³/mol. The number of Topliss-reactive ketones (excluding diaryl/α,β-unsaturated/α-hetero) is 1. The van der Waals surface area contributed by atoms with E-state index in [9.17, 15) is 4.79 Å². The van der Waals surface area contributed by atoms with Gasteiger partial charge in [-0.3, -0.25) is 4.79 Å². The lowest BCUT2D eigenvalue weighted by atomic mass is 10.1. The Hall–Kier alpha value is -1.08. The molecule has 0 unspecified atom stereocenters. The Labute approximate surface area is 88.4 Å². The molecule has 1 aromatic carbocycles. The van der Waals surface area contributed by atoms with Gasteiger partial charge in [-0.15, -0.1) is 0 Å². The van der Waals surface area contributed by atoms with Gasteiger partial charge in [0.25, 0.3) is 0 Å². The molecule has 14 heavy (non-hydrogen) atoms. The van der Waals surface area contributed by atoms with Crippen molar-refractivity contribution in [1.82, 2.24) is 0 Å². The van der Waals surface area contributed by atoms with E-state index in [1.165, 1.54) is 0 Å². The van der Waals surface area contributed by atoms with Crippen molar-refractivity contribution >= 4 is 23.5 Å². The number of rotatable bonds is 1. The Kier molecular flexibility index (Phi) is 2.69. The molecule has 1 aliphatic carbocycles. The van der Waals surface area contributed by atoms with Crippen LogP contribution in [0.5, 0.6) is 0 Å². The zero-order valence-corrected chi connectivity index (χ0v) is 8.55. The highest BCUT2D eigenvalue weighted by Crippen LogP contribution is 2.23. The van der Waals surface area contributed by atoms with Crippen LogP contribution in [0.4, 0.5) is 0 Å². The van der Waals surface area contributed by atoms with Crippen molar-refractivity contribution in [2.75, 3.05) is 0 Å². The summed E-state index contributed by atoms with van der Waals surface area (Å²) in [4.78, 5) is 11.4. The molecule has 0 radical (unpaired) electrons. The second-order valence-electron chi connectivity index (χ2n) is 3.50. The average Bonchev–Trinajstić information content (AvgIpc) is 2.56. The van der Waals surface area contributed by atoms with E-state index in [0.717, 1.165) is 29.0 Å². The smallest absolute Gasteiger partial charge is 0.158 e. The third kappa shape index (κ3) is 2.05. The first-order chi connectivity index (χ1) is 6.75. The maximum atomic E-state index is 11.4. The molecular weight excluding hydrogens is 196 g/mol. The van der Waals surface area contributed by atoms with Gasteiger partial charge in [-0.05, 0) is 42.2 Å². The molecule has 0 bridgehead atoms. The maximum Gasteiger partial charge on any atom is 0.158 e. The summed E-state index contributed by atoms with van der Waals surface area (Å²) in [6, 6.07) is 7.54. The van der Waals surface area contributed by atoms with Crippen molar-refractivity contribution in [3.8, 4) is 0 Å². The highest BCUT2D eigenvalue weighted by atomic mass is 35.5. The van der Waals surface area contributed by atoms with Gasteiger partial charge in [0.15, 0.2) is 5.78 Å². The summed E-state index contributed by atoms with van der Waals surface area (Å²) < 4.78 is 0. The van der Waals surface area contributed by atoms with E-state index in [1.807, 2.05) is 30.3 Å². The van der Waals surface area contributed by atoms with Gasteiger partial charge in [0.05, 0.1) is 0 Å². The number of carbonyl (C=O) groups is 1. The van der Waals surface area contributed by atoms with Gasteiger partial charge in [-0.1, -0.05) is 23.7 Å². The minimum absolute atomic E-state index is 0.292. The SMILES string of the molecule is O=C1CCC/C1=C\c1ccc(Cl)cc1. The highest BCUT2D eigenvalue weighted by molar-refractivity contribution is 6.30. The number of halogens is 1. The normalized spacial score (nSPS) is 19.2. The molecule has 0 saturated heterocycles. The second-order valence-corrected chi connectivity index (χ2v) is 3.93. The third-order valence-corrected chi connectivity index (χ3v) is 2.67. The summed E-state index contributed by atoms with van der Waals surface area (Å²) in [5.74, 6) is 0.292. The molecule has 1 fully saturated rings. The number of benzene rings is 1. The van der Waals surface area contributed by atoms with Gasteiger partial charge in [0.1, 0.15) is 0 Å². The van der Waals surface area contributed by atoms with Crippen LogP contribution in [0.25, 0.3) is 6.08 Å². The zero-order valence-electron chi connectivity index (χ0n) is 7.79. The number of hydrogen-bond acceptors (Lipinski definition) is 1. The van der Waals surface area contributed by atoms with Crippen LogP contribution in [0.2, 0.25) is 5.02 Å². The first kappa shape index (κ1) is 9.47. The van der Waals surface area contributed by atoms with E-state index in [-0.39, 0.29) is 0 Å². The first-order valence-corrected chi connectivity index (χ1v) is 5.13. The molecule has 72 valence electrons. The minimum atomic E-state index is 0.292. The van der Waals surface area contributed by atoms with Gasteiger partial charge in [-0.2, -0.15) is 0 Å². The fraction of sp³-hybridized carbons (Fsp3) is 0.250. The lowest BCUT2D eigenvalue weighted by molar-refractivity contribution is -0.114. The van der Waals surface area contributed by atoms with Crippen molar-refractivity contribution in [3.05, 3.63) is 40.4 Å². The van der Waals surface area contributed by atoms with Crippen molar-refractivity contribution in [3.63, 3.8) is 0 Å².